The maximum Gasteiger partial charge on any atom is 0.495 e. The van der Waals surface area contributed by atoms with Gasteiger partial charge in [0.15, 0.2) is 0 Å². The van der Waals surface area contributed by atoms with Gasteiger partial charge in [0, 0.05) is 0 Å². The number of benzene rings is 4. The molecule has 6 heteroatoms. The van der Waals surface area contributed by atoms with Crippen LogP contribution in [0.4, 0.5) is 0 Å². The maximum absolute atomic E-state index is 6.65. The molecule has 2 aliphatic carbocycles. The molecular weight excluding hydrogens is 530 g/mol. The Balaban J connectivity index is 1.39. The van der Waals surface area contributed by atoms with E-state index < -0.39 is 42.1 Å². The first kappa shape index (κ1) is 27.4. The van der Waals surface area contributed by atoms with Crippen molar-refractivity contribution in [2.24, 2.45) is 0 Å². The molecule has 2 saturated heterocycles. The SMILES string of the molecule is CC1(C)OB(c2ccc3c(c2)C2(c4ccccc4-3)c3ccccc3-c3c(B4OC(C)(C)C(C)(C)O4)cccc32)OC1(C)C. The lowest BCUT2D eigenvalue weighted by atomic mass is 9.67. The summed E-state index contributed by atoms with van der Waals surface area (Å²) >= 11 is 0. The highest BCUT2D eigenvalue weighted by Crippen LogP contribution is 2.62. The van der Waals surface area contributed by atoms with E-state index in [1.54, 1.807) is 0 Å². The van der Waals surface area contributed by atoms with E-state index in [4.69, 9.17) is 18.6 Å². The summed E-state index contributed by atoms with van der Waals surface area (Å²) in [6.45, 7) is 16.9. The van der Waals surface area contributed by atoms with Crippen LogP contribution in [0.3, 0.4) is 0 Å². The normalized spacial score (nSPS) is 24.7. The molecule has 2 aliphatic heterocycles. The fourth-order valence-corrected chi connectivity index (χ4v) is 7.53. The molecule has 0 N–H and O–H groups in total. The van der Waals surface area contributed by atoms with Crippen molar-refractivity contribution in [3.05, 3.63) is 107 Å². The largest absolute Gasteiger partial charge is 0.495 e. The fourth-order valence-electron chi connectivity index (χ4n) is 7.53. The molecule has 0 amide bonds. The van der Waals surface area contributed by atoms with Crippen LogP contribution < -0.4 is 10.9 Å². The first-order chi connectivity index (χ1) is 20.3. The zero-order chi connectivity index (χ0) is 30.2. The van der Waals surface area contributed by atoms with Crippen LogP contribution in [0, 0.1) is 0 Å². The van der Waals surface area contributed by atoms with Gasteiger partial charge in [-0.1, -0.05) is 84.9 Å². The number of rotatable bonds is 2. The summed E-state index contributed by atoms with van der Waals surface area (Å²) in [5.74, 6) is 0. The molecule has 1 unspecified atom stereocenters. The molecule has 216 valence electrons. The molecule has 43 heavy (non-hydrogen) atoms. The van der Waals surface area contributed by atoms with Crippen LogP contribution in [-0.4, -0.2) is 36.6 Å². The van der Waals surface area contributed by atoms with E-state index >= 15 is 0 Å². The topological polar surface area (TPSA) is 36.9 Å². The Labute approximate surface area is 256 Å². The van der Waals surface area contributed by atoms with E-state index in [2.05, 4.69) is 140 Å². The van der Waals surface area contributed by atoms with Crippen LogP contribution in [0.5, 0.6) is 0 Å². The van der Waals surface area contributed by atoms with Crippen molar-refractivity contribution in [3.8, 4) is 22.3 Å². The third-order valence-corrected chi connectivity index (χ3v) is 11.2. The predicted molar refractivity (Wildman–Crippen MR) is 174 cm³/mol. The second-order valence-electron chi connectivity index (χ2n) is 14.6. The van der Waals surface area contributed by atoms with E-state index in [-0.39, 0.29) is 0 Å². The quantitative estimate of drug-likeness (QED) is 0.220. The van der Waals surface area contributed by atoms with E-state index in [0.717, 1.165) is 10.9 Å². The highest BCUT2D eigenvalue weighted by atomic mass is 16.7. The van der Waals surface area contributed by atoms with Gasteiger partial charge in [-0.25, -0.2) is 0 Å². The minimum Gasteiger partial charge on any atom is -0.399 e. The molecule has 4 aromatic carbocycles. The Bertz CT molecular complexity index is 1790. The molecular formula is C37H38B2O4. The first-order valence-corrected chi connectivity index (χ1v) is 15.5. The van der Waals surface area contributed by atoms with E-state index in [1.807, 2.05) is 0 Å². The Morgan fingerprint density at radius 1 is 0.442 bits per heavy atom. The summed E-state index contributed by atoms with van der Waals surface area (Å²) in [5, 5.41) is 0. The standard InChI is InChI=1S/C37H38B2O4/c1-33(2)34(3,4)41-38(40-33)23-20-21-25-24-14-9-11-16-27(24)37(30(25)22-23)28-17-12-10-15-26(28)32-29(37)18-13-19-31(32)39-42-35(5,6)36(7,8)43-39/h9-22H,1-8H3. The molecule has 4 nitrogen and oxygen atoms in total. The number of hydrogen-bond donors (Lipinski definition) is 0. The van der Waals surface area contributed by atoms with Gasteiger partial charge in [-0.05, 0) is 111 Å². The van der Waals surface area contributed by atoms with Gasteiger partial charge in [-0.15, -0.1) is 0 Å². The molecule has 8 rings (SSSR count). The van der Waals surface area contributed by atoms with Crippen LogP contribution in [0.15, 0.2) is 84.9 Å². The minimum atomic E-state index is -0.489. The lowest BCUT2D eigenvalue weighted by Gasteiger charge is -2.32. The third kappa shape index (κ3) is 3.44. The van der Waals surface area contributed by atoms with Gasteiger partial charge in [0.2, 0.25) is 0 Å². The Kier molecular flexibility index (Phi) is 5.43. The van der Waals surface area contributed by atoms with Crippen molar-refractivity contribution in [2.45, 2.75) is 83.2 Å². The van der Waals surface area contributed by atoms with E-state index in [1.165, 1.54) is 44.5 Å². The summed E-state index contributed by atoms with van der Waals surface area (Å²) in [6, 6.07) is 31.2. The summed E-state index contributed by atoms with van der Waals surface area (Å²) in [5.41, 5.74) is 10.00. The summed E-state index contributed by atoms with van der Waals surface area (Å²) in [7, 11) is -0.904. The van der Waals surface area contributed by atoms with Crippen molar-refractivity contribution < 1.29 is 18.6 Å². The Morgan fingerprint density at radius 3 is 1.56 bits per heavy atom. The molecule has 0 saturated carbocycles. The predicted octanol–water partition coefficient (Wildman–Crippen LogP) is 6.63. The lowest BCUT2D eigenvalue weighted by Crippen LogP contribution is -2.41. The van der Waals surface area contributed by atoms with E-state index in [9.17, 15) is 0 Å². The molecule has 1 atom stereocenters. The van der Waals surface area contributed by atoms with Crippen molar-refractivity contribution in [1.82, 2.24) is 0 Å². The zero-order valence-electron chi connectivity index (χ0n) is 26.4. The highest BCUT2D eigenvalue weighted by molar-refractivity contribution is 6.64. The molecule has 0 radical (unpaired) electrons. The zero-order valence-corrected chi connectivity index (χ0v) is 26.4. The average molecular weight is 568 g/mol. The van der Waals surface area contributed by atoms with E-state index in [0.29, 0.717) is 0 Å². The summed E-state index contributed by atoms with van der Waals surface area (Å²) in [6.07, 6.45) is 0. The molecule has 0 aromatic heterocycles. The Morgan fingerprint density at radius 2 is 0.930 bits per heavy atom. The summed E-state index contributed by atoms with van der Waals surface area (Å²) in [4.78, 5) is 0. The van der Waals surface area contributed by atoms with Gasteiger partial charge in [-0.2, -0.15) is 0 Å². The van der Waals surface area contributed by atoms with Crippen LogP contribution in [0.1, 0.15) is 77.6 Å². The van der Waals surface area contributed by atoms with Gasteiger partial charge in [0.25, 0.3) is 0 Å². The third-order valence-electron chi connectivity index (χ3n) is 11.2. The Hall–Kier alpha value is -3.15. The van der Waals surface area contributed by atoms with Crippen molar-refractivity contribution >= 4 is 25.2 Å². The molecule has 4 aromatic rings. The van der Waals surface area contributed by atoms with Gasteiger partial charge in [0.1, 0.15) is 0 Å². The fraction of sp³-hybridized carbons (Fsp3) is 0.351. The molecule has 0 bridgehead atoms. The minimum absolute atomic E-state index is 0.415. The van der Waals surface area contributed by atoms with Crippen LogP contribution in [0.2, 0.25) is 0 Å². The first-order valence-electron chi connectivity index (χ1n) is 15.5. The average Bonchev–Trinajstić information content (AvgIpc) is 3.58. The van der Waals surface area contributed by atoms with Crippen molar-refractivity contribution in [2.75, 3.05) is 0 Å². The monoisotopic (exact) mass is 568 g/mol. The molecule has 2 fully saturated rings. The highest BCUT2D eigenvalue weighted by Gasteiger charge is 2.57. The van der Waals surface area contributed by atoms with Gasteiger partial charge in [0.05, 0.1) is 27.8 Å². The summed E-state index contributed by atoms with van der Waals surface area (Å²) < 4.78 is 26.4. The van der Waals surface area contributed by atoms with Gasteiger partial charge < -0.3 is 18.6 Å². The number of fused-ring (bicyclic) bond motifs is 10. The second kappa shape index (κ2) is 8.51. The molecule has 1 spiro atoms. The van der Waals surface area contributed by atoms with Crippen LogP contribution in [0.25, 0.3) is 22.3 Å². The van der Waals surface area contributed by atoms with Gasteiger partial charge in [-0.3, -0.25) is 0 Å². The van der Waals surface area contributed by atoms with Crippen LogP contribution in [-0.2, 0) is 24.0 Å². The molecule has 4 aliphatic rings. The van der Waals surface area contributed by atoms with Gasteiger partial charge >= 0.3 is 14.2 Å². The second-order valence-corrected chi connectivity index (χ2v) is 14.6. The maximum atomic E-state index is 6.65. The smallest absolute Gasteiger partial charge is 0.399 e. The van der Waals surface area contributed by atoms with Crippen molar-refractivity contribution in [1.29, 1.82) is 0 Å². The number of hydrogen-bond acceptors (Lipinski definition) is 4. The lowest BCUT2D eigenvalue weighted by molar-refractivity contribution is 0.00578. The molecule has 2 heterocycles. The van der Waals surface area contributed by atoms with Crippen LogP contribution >= 0.6 is 0 Å². The van der Waals surface area contributed by atoms with Crippen molar-refractivity contribution in [3.63, 3.8) is 0 Å².